The molecule has 0 atom stereocenters. The SMILES string of the molecule is CC(C)(C)C.CC(C)(C)c1ccc(C(Cl)(c2ccc(C(C)(C)C)cc2)c2ccc(C(C)(C)C)cc2)cc1.CN(CCO)CCO.CO.COc1ccc(C(Cl)(c2ccccc2)c2ccccc2)cc1.Cc1ccc(C(C)(C)C)cc1.Cc1ccc(N(CCO)CCO)cc1.Cc1ccccc1.OCCN(CCO)c1ccc(C(Cl)(c2ccc(Cl)cc2)c2ccc(N(CCO)CCO)cc2)cc1. The highest BCUT2D eigenvalue weighted by molar-refractivity contribution is 6.31. The molecule has 0 aliphatic rings. The summed E-state index contributed by atoms with van der Waals surface area (Å²) >= 11 is 28.4. The molecule has 136 heavy (non-hydrogen) atoms. The summed E-state index contributed by atoms with van der Waals surface area (Å²) in [5.74, 6) is 0.823. The summed E-state index contributed by atoms with van der Waals surface area (Å²) < 4.78 is 5.25. The van der Waals surface area contributed by atoms with Gasteiger partial charge in [-0.25, -0.2) is 0 Å². The molecule has 738 valence electrons. The molecule has 14 nitrogen and oxygen atoms in total. The highest BCUT2D eigenvalue weighted by Crippen LogP contribution is 2.48. The van der Waals surface area contributed by atoms with Crippen LogP contribution in [0.2, 0.25) is 5.02 Å². The number of likely N-dealkylation sites (N-methyl/N-ethyl adjacent to an activating group) is 1. The summed E-state index contributed by atoms with van der Waals surface area (Å²) in [4.78, 5) is 5.18. The molecule has 12 rings (SSSR count). The highest BCUT2D eigenvalue weighted by Gasteiger charge is 2.38. The number of hydrogen-bond acceptors (Lipinski definition) is 14. The minimum absolute atomic E-state index is 0.0120. The summed E-state index contributed by atoms with van der Waals surface area (Å²) in [6.07, 6.45) is 0. The van der Waals surface area contributed by atoms with Crippen molar-refractivity contribution in [1.82, 2.24) is 4.90 Å². The first-order valence-corrected chi connectivity index (χ1v) is 48.4. The van der Waals surface area contributed by atoms with Gasteiger partial charge in [-0.1, -0.05) is 388 Å². The Labute approximate surface area is 836 Å². The van der Waals surface area contributed by atoms with Crippen LogP contribution in [0.15, 0.2) is 309 Å². The van der Waals surface area contributed by atoms with Crippen LogP contribution in [0.4, 0.5) is 17.1 Å². The van der Waals surface area contributed by atoms with Crippen LogP contribution in [0.25, 0.3) is 0 Å². The van der Waals surface area contributed by atoms with Crippen molar-refractivity contribution in [3.8, 4) is 5.75 Å². The van der Waals surface area contributed by atoms with Gasteiger partial charge in [0.1, 0.15) is 20.4 Å². The number of aliphatic hydroxyl groups excluding tert-OH is 9. The van der Waals surface area contributed by atoms with Crippen LogP contribution in [0.5, 0.6) is 5.75 Å². The van der Waals surface area contributed by atoms with Gasteiger partial charge >= 0.3 is 0 Å². The number of halogens is 4. The molecule has 9 N–H and O–H groups in total. The van der Waals surface area contributed by atoms with Crippen LogP contribution in [0.3, 0.4) is 0 Å². The van der Waals surface area contributed by atoms with Gasteiger partial charge in [0.05, 0.1) is 60.0 Å². The number of ether oxygens (including phenoxy) is 1. The van der Waals surface area contributed by atoms with Gasteiger partial charge in [0, 0.05) is 81.6 Å². The molecule has 0 spiro atoms. The Kier molecular flexibility index (Phi) is 51.7. The van der Waals surface area contributed by atoms with Crippen molar-refractivity contribution in [2.75, 3.05) is 141 Å². The van der Waals surface area contributed by atoms with Crippen molar-refractivity contribution in [2.45, 2.75) is 168 Å². The lowest BCUT2D eigenvalue weighted by molar-refractivity contribution is 0.184. The predicted molar refractivity (Wildman–Crippen MR) is 579 cm³/mol. The first kappa shape index (κ1) is 119. The summed E-state index contributed by atoms with van der Waals surface area (Å²) in [7, 11) is 4.52. The third kappa shape index (κ3) is 39.1. The zero-order valence-corrected chi connectivity index (χ0v) is 88.0. The van der Waals surface area contributed by atoms with Crippen LogP contribution in [-0.2, 0) is 36.3 Å². The number of methoxy groups -OCH3 is 1. The number of aliphatic hydroxyl groups is 9. The average molecular weight is 1930 g/mol. The molecule has 0 fully saturated rings. The number of aryl methyl sites for hydroxylation is 3. The van der Waals surface area contributed by atoms with Gasteiger partial charge < -0.3 is 70.3 Å². The van der Waals surface area contributed by atoms with E-state index in [4.69, 9.17) is 76.7 Å². The van der Waals surface area contributed by atoms with E-state index < -0.39 is 14.6 Å². The predicted octanol–water partition coefficient (Wildman–Crippen LogP) is 24.4. The molecule has 0 aliphatic heterocycles. The fourth-order valence-corrected chi connectivity index (χ4v) is 15.6. The summed E-state index contributed by atoms with van der Waals surface area (Å²) in [6, 6.07) is 105. The second-order valence-corrected chi connectivity index (χ2v) is 41.3. The molecule has 0 saturated heterocycles. The molecule has 18 heteroatoms. The maximum atomic E-state index is 9.37. The monoisotopic (exact) mass is 1930 g/mol. The number of rotatable bonds is 29. The molecule has 0 bridgehead atoms. The molecule has 0 radical (unpaired) electrons. The summed E-state index contributed by atoms with van der Waals surface area (Å²) in [5, 5.41) is 79.5. The number of nitrogens with zero attached hydrogens (tertiary/aromatic N) is 4. The molecule has 0 unspecified atom stereocenters. The molecular formula is C118H158Cl4N4O10. The molecule has 12 aromatic carbocycles. The normalized spacial score (nSPS) is 11.4. The molecule has 0 amide bonds. The van der Waals surface area contributed by atoms with E-state index in [9.17, 15) is 20.4 Å². The van der Waals surface area contributed by atoms with Crippen LogP contribution >= 0.6 is 46.4 Å². The van der Waals surface area contributed by atoms with Crippen molar-refractivity contribution in [1.29, 1.82) is 0 Å². The fraction of sp³-hybridized carbons (Fsp3) is 0.390. The Hall–Kier alpha value is -9.40. The van der Waals surface area contributed by atoms with E-state index in [1.165, 1.54) is 38.9 Å². The quantitative estimate of drug-likeness (QED) is 0.0158. The lowest BCUT2D eigenvalue weighted by Gasteiger charge is -2.31. The van der Waals surface area contributed by atoms with Gasteiger partial charge in [0.2, 0.25) is 0 Å². The fourth-order valence-electron chi connectivity index (χ4n) is 14.4. The average Bonchev–Trinajstić information content (AvgIpc) is 0.801. The molecule has 0 aliphatic carbocycles. The van der Waals surface area contributed by atoms with E-state index in [1.54, 1.807) is 7.11 Å². The van der Waals surface area contributed by atoms with E-state index in [0.717, 1.165) is 80.0 Å². The standard InChI is InChI=1S/C31H39Cl.C27H32Cl2N2O4.C20H17ClO.C11H17NO2.C11H16.C7H8.C5H13NO2.C5H12.CH4O/c1-28(2,3)22-10-16-25(17-11-22)31(32,26-18-12-23(13-19-26)29(4,5)6)27-20-14-24(15-21-27)30(7,8)9;28-24-7-1-21(2-8-24)27(29,22-3-9-25(10-4-22)30(13-17-32)14-18-33)23-5-11-26(12-6-23)31(15-19-34)16-20-35;1-22-19-14-12-18(13-15-19)20(21,16-8-4-2-5-9-16)17-10-6-3-7-11-17;1-10-2-4-11(5-3-10)12(6-8-13)7-9-14;1-9-5-7-10(8-6-9)11(2,3)4;1-7-5-3-2-4-6-7;1-6(2-4-7)3-5-8;1-5(2,3)4;1-2/h10-21H,1-9H3;1-12,32-35H,13-20H2;2-15H,1H3;2-5,13-14H,6-9H2,1H3;5-8H,1-4H3;2-6H,1H3;7-8H,2-5H2,1H3;1-4H3;2H,1H3. The van der Waals surface area contributed by atoms with Gasteiger partial charge in [-0.2, -0.15) is 0 Å². The van der Waals surface area contributed by atoms with Gasteiger partial charge in [-0.15, -0.1) is 34.8 Å². The minimum atomic E-state index is -1.00. The van der Waals surface area contributed by atoms with Crippen LogP contribution in [-0.4, -0.2) is 177 Å². The van der Waals surface area contributed by atoms with E-state index in [1.807, 2.05) is 209 Å². The van der Waals surface area contributed by atoms with Crippen LogP contribution in [0, 0.1) is 26.2 Å². The Morgan fingerprint density at radius 2 is 0.404 bits per heavy atom. The summed E-state index contributed by atoms with van der Waals surface area (Å²) in [5.41, 5.74) is 22.1. The van der Waals surface area contributed by atoms with Crippen molar-refractivity contribution < 1.29 is 50.7 Å². The lowest BCUT2D eigenvalue weighted by atomic mass is 9.79. The highest BCUT2D eigenvalue weighted by atomic mass is 35.5. The summed E-state index contributed by atoms with van der Waals surface area (Å²) in [6.45, 7) is 46.4. The second kappa shape index (κ2) is 59.1. The third-order valence-electron chi connectivity index (χ3n) is 22.2. The third-order valence-corrected chi connectivity index (χ3v) is 24.4. The topological polar surface area (TPSA) is 204 Å². The number of alkyl halides is 3. The number of benzene rings is 12. The first-order valence-electron chi connectivity index (χ1n) is 46.9. The van der Waals surface area contributed by atoms with Gasteiger partial charge in [-0.3, -0.25) is 0 Å². The Balaban J connectivity index is 0.000000348. The van der Waals surface area contributed by atoms with E-state index in [0.29, 0.717) is 62.8 Å². The number of anilines is 3. The smallest absolute Gasteiger partial charge is 0.119 e. The Morgan fingerprint density at radius 1 is 0.235 bits per heavy atom. The molecule has 0 saturated carbocycles. The molecular weight excluding hydrogens is 1780 g/mol. The maximum Gasteiger partial charge on any atom is 0.119 e. The van der Waals surface area contributed by atoms with E-state index in [2.05, 4.69) is 258 Å². The zero-order valence-electron chi connectivity index (χ0n) is 85.0. The van der Waals surface area contributed by atoms with E-state index >= 15 is 0 Å². The van der Waals surface area contributed by atoms with Gasteiger partial charge in [0.25, 0.3) is 0 Å². The van der Waals surface area contributed by atoms with E-state index in [-0.39, 0.29) is 74.5 Å². The van der Waals surface area contributed by atoms with Crippen molar-refractivity contribution >= 4 is 63.5 Å². The molecule has 12 aromatic rings. The second-order valence-electron chi connectivity index (χ2n) is 39.2. The maximum absolute atomic E-state index is 9.37. The van der Waals surface area contributed by atoms with Gasteiger partial charge in [-0.05, 0) is 188 Å². The largest absolute Gasteiger partial charge is 0.497 e. The van der Waals surface area contributed by atoms with Crippen LogP contribution in [0.1, 0.15) is 200 Å². The van der Waals surface area contributed by atoms with Crippen LogP contribution < -0.4 is 19.4 Å². The molecule has 0 heterocycles. The van der Waals surface area contributed by atoms with Gasteiger partial charge in [0.15, 0.2) is 0 Å². The number of hydrogen-bond donors (Lipinski definition) is 9. The zero-order chi connectivity index (χ0) is 102. The van der Waals surface area contributed by atoms with Crippen molar-refractivity contribution in [3.63, 3.8) is 0 Å². The minimum Gasteiger partial charge on any atom is -0.497 e. The lowest BCUT2D eigenvalue weighted by Crippen LogP contribution is -2.30. The molecule has 0 aromatic heterocycles. The van der Waals surface area contributed by atoms with Crippen molar-refractivity contribution in [2.24, 2.45) is 5.41 Å². The first-order chi connectivity index (χ1) is 64.3. The Bertz CT molecular complexity index is 4900. The van der Waals surface area contributed by atoms with Crippen molar-refractivity contribution in [3.05, 3.63) is 403 Å². The Morgan fingerprint density at radius 3 is 0.610 bits per heavy atom.